The predicted octanol–water partition coefficient (Wildman–Crippen LogP) is 10.8. The average Bonchev–Trinajstić information content (AvgIpc) is 3.30. The van der Waals surface area contributed by atoms with E-state index in [4.69, 9.17) is 0 Å². The van der Waals surface area contributed by atoms with Gasteiger partial charge >= 0.3 is 108 Å². The molecule has 7 aromatic rings. The first-order valence-corrected chi connectivity index (χ1v) is 15.6. The second-order valence-electron chi connectivity index (χ2n) is 12.7. The SMILES string of the molecule is CC(C)(C)c1ccc2[se]c3ccccc3c2c1.CC(C)(C)c1ccc2c3ccccc3c3ccccc3c2c1. The van der Waals surface area contributed by atoms with E-state index in [2.05, 4.69) is 151 Å². The van der Waals surface area contributed by atoms with Gasteiger partial charge in [-0.2, -0.15) is 0 Å². The Morgan fingerprint density at radius 3 is 1.28 bits per heavy atom. The van der Waals surface area contributed by atoms with Crippen molar-refractivity contribution in [3.63, 3.8) is 0 Å². The smallest absolute Gasteiger partial charge is 0.00960 e. The third-order valence-electron chi connectivity index (χ3n) is 7.85. The van der Waals surface area contributed by atoms with Crippen LogP contribution in [-0.4, -0.2) is 14.5 Å². The molecule has 0 aliphatic carbocycles. The minimum Gasteiger partial charge on any atom is -0.0616 e. The third kappa shape index (κ3) is 4.80. The molecule has 0 saturated carbocycles. The van der Waals surface area contributed by atoms with Crippen molar-refractivity contribution in [1.82, 2.24) is 0 Å². The van der Waals surface area contributed by atoms with Gasteiger partial charge in [0, 0.05) is 0 Å². The fourth-order valence-corrected chi connectivity index (χ4v) is 7.85. The molecule has 1 aromatic heterocycles. The monoisotopic (exact) mass is 572 g/mol. The zero-order chi connectivity index (χ0) is 27.4. The standard InChI is InChI=1S/C22H20.C16H16Se/c1-22(2,3)15-12-13-20-18-10-5-4-8-16(18)17-9-6-7-11-19(17)21(20)14-15;1-16(2,3)11-8-9-15-13(10-11)12-6-4-5-7-14(12)17-15/h4-14H,1-3H3;4-10H,1-3H3. The zero-order valence-electron chi connectivity index (χ0n) is 23.8. The molecule has 0 N–H and O–H groups in total. The van der Waals surface area contributed by atoms with Crippen molar-refractivity contribution >= 4 is 66.1 Å². The molecular weight excluding hydrogens is 535 g/mol. The van der Waals surface area contributed by atoms with E-state index in [9.17, 15) is 0 Å². The summed E-state index contributed by atoms with van der Waals surface area (Å²) in [5.74, 6) is 0. The summed E-state index contributed by atoms with van der Waals surface area (Å²) in [6, 6.07) is 40.3. The van der Waals surface area contributed by atoms with Gasteiger partial charge in [0.2, 0.25) is 0 Å². The molecule has 0 aliphatic rings. The van der Waals surface area contributed by atoms with Crippen molar-refractivity contribution in [2.75, 3.05) is 0 Å². The van der Waals surface area contributed by atoms with Crippen LogP contribution in [0.5, 0.6) is 0 Å². The minimum absolute atomic E-state index is 0.168. The van der Waals surface area contributed by atoms with Gasteiger partial charge in [0.25, 0.3) is 0 Å². The first-order valence-electron chi connectivity index (χ1n) is 13.9. The summed E-state index contributed by atoms with van der Waals surface area (Å²) < 4.78 is 3.06. The van der Waals surface area contributed by atoms with Crippen LogP contribution in [0.1, 0.15) is 52.7 Å². The first kappa shape index (κ1) is 25.9. The molecule has 0 unspecified atom stereocenters. The van der Waals surface area contributed by atoms with E-state index in [-0.39, 0.29) is 10.8 Å². The number of benzene rings is 6. The number of rotatable bonds is 0. The van der Waals surface area contributed by atoms with Crippen LogP contribution in [-0.2, 0) is 10.8 Å². The Hall–Kier alpha value is -3.38. The summed E-state index contributed by atoms with van der Waals surface area (Å²) in [6.07, 6.45) is 0. The summed E-state index contributed by atoms with van der Waals surface area (Å²) in [5.41, 5.74) is 3.23. The molecule has 0 atom stereocenters. The molecular formula is C38H36Se. The van der Waals surface area contributed by atoms with Crippen molar-refractivity contribution in [2.24, 2.45) is 0 Å². The molecule has 0 aliphatic heterocycles. The Balaban J connectivity index is 0.000000147. The van der Waals surface area contributed by atoms with E-state index in [1.807, 2.05) is 0 Å². The summed E-state index contributed by atoms with van der Waals surface area (Å²) in [6.45, 7) is 13.7. The van der Waals surface area contributed by atoms with Crippen LogP contribution in [0.2, 0.25) is 0 Å². The van der Waals surface area contributed by atoms with E-state index < -0.39 is 0 Å². The molecule has 0 saturated heterocycles. The zero-order valence-corrected chi connectivity index (χ0v) is 25.5. The number of hydrogen-bond donors (Lipinski definition) is 0. The Morgan fingerprint density at radius 2 is 0.744 bits per heavy atom. The van der Waals surface area contributed by atoms with Crippen molar-refractivity contribution in [3.8, 4) is 0 Å². The van der Waals surface area contributed by atoms with Crippen molar-refractivity contribution in [3.05, 3.63) is 120 Å². The fourth-order valence-electron chi connectivity index (χ4n) is 5.57. The van der Waals surface area contributed by atoms with Crippen molar-refractivity contribution in [1.29, 1.82) is 0 Å². The number of fused-ring (bicyclic) bond motifs is 9. The average molecular weight is 572 g/mol. The van der Waals surface area contributed by atoms with Gasteiger partial charge in [-0.25, -0.2) is 0 Å². The maximum Gasteiger partial charge on any atom is -0.00960 e. The van der Waals surface area contributed by atoms with E-state index in [0.29, 0.717) is 14.5 Å². The third-order valence-corrected chi connectivity index (χ3v) is 10.3. The van der Waals surface area contributed by atoms with Crippen LogP contribution >= 0.6 is 0 Å². The van der Waals surface area contributed by atoms with Crippen LogP contribution in [0, 0.1) is 0 Å². The largest absolute Gasteiger partial charge is 0.0616 e. The summed E-state index contributed by atoms with van der Waals surface area (Å²) in [4.78, 5) is 0. The molecule has 6 aromatic carbocycles. The van der Waals surface area contributed by atoms with Gasteiger partial charge in [0.1, 0.15) is 0 Å². The van der Waals surface area contributed by atoms with Gasteiger partial charge in [-0.3, -0.25) is 0 Å². The van der Waals surface area contributed by atoms with Gasteiger partial charge in [-0.15, -0.1) is 0 Å². The topological polar surface area (TPSA) is 0 Å². The summed E-state index contributed by atoms with van der Waals surface area (Å²) in [7, 11) is 0. The van der Waals surface area contributed by atoms with Crippen LogP contribution in [0.3, 0.4) is 0 Å². The molecule has 0 spiro atoms. The van der Waals surface area contributed by atoms with Gasteiger partial charge < -0.3 is 0 Å². The van der Waals surface area contributed by atoms with E-state index in [0.717, 1.165) is 0 Å². The minimum atomic E-state index is 0.168. The van der Waals surface area contributed by atoms with Crippen LogP contribution in [0.15, 0.2) is 109 Å². The van der Waals surface area contributed by atoms with E-state index in [1.165, 1.54) is 62.7 Å². The normalized spacial score (nSPS) is 12.4. The van der Waals surface area contributed by atoms with Crippen LogP contribution < -0.4 is 0 Å². The number of hydrogen-bond acceptors (Lipinski definition) is 0. The Kier molecular flexibility index (Phi) is 6.41. The Labute approximate surface area is 238 Å². The molecule has 1 heteroatoms. The molecule has 39 heavy (non-hydrogen) atoms. The summed E-state index contributed by atoms with van der Waals surface area (Å²) in [5, 5.41) is 11.0. The van der Waals surface area contributed by atoms with Gasteiger partial charge in [0.15, 0.2) is 0 Å². The molecule has 194 valence electrons. The summed E-state index contributed by atoms with van der Waals surface area (Å²) >= 11 is 0.502. The van der Waals surface area contributed by atoms with Gasteiger partial charge in [-0.1, -0.05) is 81.4 Å². The van der Waals surface area contributed by atoms with Gasteiger partial charge in [-0.05, 0) is 49.4 Å². The first-order chi connectivity index (χ1) is 18.6. The molecule has 1 heterocycles. The second-order valence-corrected chi connectivity index (χ2v) is 14.9. The van der Waals surface area contributed by atoms with E-state index >= 15 is 0 Å². The Bertz CT molecular complexity index is 1940. The van der Waals surface area contributed by atoms with Crippen molar-refractivity contribution in [2.45, 2.75) is 52.4 Å². The van der Waals surface area contributed by atoms with E-state index in [1.54, 1.807) is 0 Å². The molecule has 0 bridgehead atoms. The molecule has 0 nitrogen and oxygen atoms in total. The molecule has 0 amide bonds. The maximum absolute atomic E-state index is 2.39. The van der Waals surface area contributed by atoms with Gasteiger partial charge in [0.05, 0.1) is 0 Å². The quantitative estimate of drug-likeness (QED) is 0.125. The molecule has 7 rings (SSSR count). The Morgan fingerprint density at radius 1 is 0.359 bits per heavy atom. The van der Waals surface area contributed by atoms with Crippen molar-refractivity contribution < 1.29 is 0 Å². The molecule has 0 fully saturated rings. The second kappa shape index (κ2) is 9.67. The maximum atomic E-state index is 2.39. The fraction of sp³-hybridized carbons (Fsp3) is 0.211. The predicted molar refractivity (Wildman–Crippen MR) is 175 cm³/mol. The van der Waals surface area contributed by atoms with Crippen LogP contribution in [0.25, 0.3) is 51.6 Å². The van der Waals surface area contributed by atoms with Crippen LogP contribution in [0.4, 0.5) is 0 Å². The molecule has 0 radical (unpaired) electrons.